The Hall–Kier alpha value is -2.46. The molecule has 0 amide bonds. The molecule has 2 aromatic heterocycles. The first-order valence-electron chi connectivity index (χ1n) is 13.2. The lowest BCUT2D eigenvalue weighted by molar-refractivity contribution is -0.119. The second kappa shape index (κ2) is 13.0. The van der Waals surface area contributed by atoms with Gasteiger partial charge in [0.1, 0.15) is 23.6 Å². The number of nitrogens with one attached hydrogen (secondary N) is 2. The van der Waals surface area contributed by atoms with Gasteiger partial charge >= 0.3 is 7.75 Å². The third kappa shape index (κ3) is 7.18. The zero-order chi connectivity index (χ0) is 30.7. The number of fused-ring (bicyclic) bond motifs is 1. The molecule has 16 heteroatoms. The van der Waals surface area contributed by atoms with Crippen molar-refractivity contribution in [2.45, 2.75) is 58.3 Å². The van der Waals surface area contributed by atoms with E-state index in [2.05, 4.69) is 20.0 Å². The van der Waals surface area contributed by atoms with Crippen molar-refractivity contribution in [1.82, 2.24) is 24.6 Å². The molecule has 3 heterocycles. The number of rotatable bonds is 13. The van der Waals surface area contributed by atoms with Crippen molar-refractivity contribution in [3.63, 3.8) is 0 Å². The van der Waals surface area contributed by atoms with Gasteiger partial charge in [-0.25, -0.2) is 19.6 Å². The number of carbonyl (C=O) groups is 1. The summed E-state index contributed by atoms with van der Waals surface area (Å²) in [5.41, 5.74) is -2.25. The number of hydrogen-bond acceptors (Lipinski definition) is 12. The van der Waals surface area contributed by atoms with E-state index in [0.717, 1.165) is 17.3 Å². The summed E-state index contributed by atoms with van der Waals surface area (Å²) >= 11 is 0.943. The molecule has 5 atom stereocenters. The van der Waals surface area contributed by atoms with Crippen molar-refractivity contribution in [2.75, 3.05) is 25.6 Å². The maximum atomic E-state index is 13.7. The average molecular weight is 626 g/mol. The molecule has 3 aromatic rings. The molecule has 2 unspecified atom stereocenters. The van der Waals surface area contributed by atoms with Gasteiger partial charge < -0.3 is 25.0 Å². The molecule has 42 heavy (non-hydrogen) atoms. The second-order valence-electron chi connectivity index (χ2n) is 10.8. The van der Waals surface area contributed by atoms with Crippen LogP contribution in [0.1, 0.15) is 38.4 Å². The van der Waals surface area contributed by atoms with Crippen LogP contribution in [0.5, 0.6) is 0 Å². The number of aryl methyl sites for hydroxylation is 1. The topological polar surface area (TPSA) is 198 Å². The van der Waals surface area contributed by atoms with Crippen LogP contribution < -0.4 is 10.6 Å². The summed E-state index contributed by atoms with van der Waals surface area (Å²) in [5, 5.41) is 34.1. The molecule has 0 radical (unpaired) electrons. The third-order valence-electron chi connectivity index (χ3n) is 6.81. The lowest BCUT2D eigenvalue weighted by Gasteiger charge is -2.27. The predicted octanol–water partition coefficient (Wildman–Crippen LogP) is 1.65. The lowest BCUT2D eigenvalue weighted by Crippen LogP contribution is -2.44. The Balaban J connectivity index is 1.46. The van der Waals surface area contributed by atoms with Gasteiger partial charge in [0.25, 0.3) is 5.56 Å². The van der Waals surface area contributed by atoms with Crippen molar-refractivity contribution < 1.29 is 38.5 Å². The normalized spacial score (nSPS) is 24.2. The minimum atomic E-state index is -4.02. The van der Waals surface area contributed by atoms with Crippen molar-refractivity contribution in [2.24, 2.45) is 5.41 Å². The predicted molar refractivity (Wildman–Crippen MR) is 155 cm³/mol. The molecule has 0 aliphatic carbocycles. The molecular weight excluding hydrogens is 589 g/mol. The molecule has 1 aliphatic heterocycles. The van der Waals surface area contributed by atoms with E-state index >= 15 is 0 Å². The van der Waals surface area contributed by atoms with E-state index in [1.54, 1.807) is 20.8 Å². The van der Waals surface area contributed by atoms with Gasteiger partial charge in [-0.2, -0.15) is 0 Å². The summed E-state index contributed by atoms with van der Waals surface area (Å²) in [5.74, 6) is 0.482. The SMILES string of the molecule is Cc1nc2c(ncn2[C@@H]2O[C@H](COP(=O)(NCc3ccccc3)OCCSC(=O)C(C)(C)CO)C(O)[C@]2(C)O)c(=O)[nH]1. The monoisotopic (exact) mass is 625 g/mol. The van der Waals surface area contributed by atoms with Gasteiger partial charge in [-0.05, 0) is 33.3 Å². The van der Waals surface area contributed by atoms with E-state index in [9.17, 15) is 29.5 Å². The number of aliphatic hydroxyl groups excluding tert-OH is 2. The molecule has 0 spiro atoms. The van der Waals surface area contributed by atoms with Crippen LogP contribution in [0.4, 0.5) is 0 Å². The van der Waals surface area contributed by atoms with Crippen LogP contribution in [0.3, 0.4) is 0 Å². The molecular formula is C26H36N5O9PS. The largest absolute Gasteiger partial charge is 0.405 e. The molecule has 14 nitrogen and oxygen atoms in total. The van der Waals surface area contributed by atoms with Crippen LogP contribution in [-0.4, -0.2) is 83.3 Å². The number of aromatic amines is 1. The van der Waals surface area contributed by atoms with Crippen molar-refractivity contribution >= 4 is 35.8 Å². The first-order valence-corrected chi connectivity index (χ1v) is 15.8. The van der Waals surface area contributed by atoms with Crippen LogP contribution in [0.2, 0.25) is 0 Å². The van der Waals surface area contributed by atoms with Crippen molar-refractivity contribution in [1.29, 1.82) is 0 Å². The van der Waals surface area contributed by atoms with E-state index in [1.807, 2.05) is 30.3 Å². The molecule has 0 bridgehead atoms. The molecule has 1 saturated heterocycles. The zero-order valence-electron chi connectivity index (χ0n) is 23.7. The van der Waals surface area contributed by atoms with Crippen molar-refractivity contribution in [3.8, 4) is 0 Å². The summed E-state index contributed by atoms with van der Waals surface area (Å²) in [4.78, 5) is 35.5. The van der Waals surface area contributed by atoms with Crippen LogP contribution in [0.15, 0.2) is 41.5 Å². The first-order chi connectivity index (χ1) is 19.8. The Morgan fingerprint density at radius 1 is 1.31 bits per heavy atom. The molecule has 1 aliphatic rings. The van der Waals surface area contributed by atoms with Crippen molar-refractivity contribution in [3.05, 3.63) is 58.4 Å². The fraction of sp³-hybridized carbons (Fsp3) is 0.538. The number of carbonyl (C=O) groups excluding carboxylic acids is 1. The van der Waals surface area contributed by atoms with Gasteiger partial charge in [0.2, 0.25) is 0 Å². The molecule has 0 saturated carbocycles. The van der Waals surface area contributed by atoms with E-state index in [0.29, 0.717) is 5.82 Å². The Bertz CT molecular complexity index is 1500. The van der Waals surface area contributed by atoms with Gasteiger partial charge in [-0.3, -0.25) is 23.2 Å². The highest BCUT2D eigenvalue weighted by atomic mass is 32.2. The quantitative estimate of drug-likeness (QED) is 0.136. The maximum absolute atomic E-state index is 13.7. The summed E-state index contributed by atoms with van der Waals surface area (Å²) in [7, 11) is -4.02. The van der Waals surface area contributed by atoms with Crippen LogP contribution in [0.25, 0.3) is 11.2 Å². The van der Waals surface area contributed by atoms with Gasteiger partial charge in [-0.15, -0.1) is 0 Å². The second-order valence-corrected chi connectivity index (χ2v) is 13.7. The number of imidazole rings is 1. The average Bonchev–Trinajstić information content (AvgIpc) is 3.47. The fourth-order valence-electron chi connectivity index (χ4n) is 4.22. The summed E-state index contributed by atoms with van der Waals surface area (Å²) < 4.78 is 32.3. The number of aliphatic hydroxyl groups is 3. The lowest BCUT2D eigenvalue weighted by atomic mass is 9.96. The van der Waals surface area contributed by atoms with Gasteiger partial charge in [0.15, 0.2) is 22.5 Å². The number of benzene rings is 1. The van der Waals surface area contributed by atoms with Gasteiger partial charge in [-0.1, -0.05) is 42.1 Å². The Kier molecular flexibility index (Phi) is 10.1. The van der Waals surface area contributed by atoms with Crippen LogP contribution in [0, 0.1) is 12.3 Å². The van der Waals surface area contributed by atoms with E-state index in [-0.39, 0.29) is 41.8 Å². The number of ether oxygens (including phenoxy) is 1. The number of nitrogens with zero attached hydrogens (tertiary/aromatic N) is 3. The molecule has 4 rings (SSSR count). The van der Waals surface area contributed by atoms with E-state index < -0.39 is 49.4 Å². The molecule has 1 fully saturated rings. The standard InChI is InChI=1S/C26H36N5O9PS/c1-16-29-21-19(22(34)30-16)27-15-31(21)23-26(4,36)20(33)18(40-23)13-39-41(37,28-12-17-8-6-5-7-9-17)38-10-11-42-24(35)25(2,3)14-32/h5-9,15,18,20,23,32-33,36H,10-14H2,1-4H3,(H,28,37)(H,29,30,34)/t18-,20?,23-,26+,41?/m1/s1. The highest BCUT2D eigenvalue weighted by Gasteiger charge is 2.54. The van der Waals surface area contributed by atoms with Gasteiger partial charge in [0, 0.05) is 12.3 Å². The summed E-state index contributed by atoms with van der Waals surface area (Å²) in [6.45, 7) is 5.47. The van der Waals surface area contributed by atoms with E-state index in [1.165, 1.54) is 17.8 Å². The Morgan fingerprint density at radius 2 is 2.02 bits per heavy atom. The fourth-order valence-corrected chi connectivity index (χ4v) is 6.46. The zero-order valence-corrected chi connectivity index (χ0v) is 25.4. The van der Waals surface area contributed by atoms with Crippen LogP contribution in [-0.2, 0) is 29.7 Å². The molecule has 5 N–H and O–H groups in total. The van der Waals surface area contributed by atoms with E-state index in [4.69, 9.17) is 13.8 Å². The minimum absolute atomic E-state index is 0.0379. The highest BCUT2D eigenvalue weighted by molar-refractivity contribution is 8.13. The first kappa shape index (κ1) is 32.5. The van der Waals surface area contributed by atoms with Gasteiger partial charge in [0.05, 0.1) is 31.6 Å². The maximum Gasteiger partial charge on any atom is 0.405 e. The number of hydrogen-bond donors (Lipinski definition) is 5. The summed E-state index contributed by atoms with van der Waals surface area (Å²) in [6, 6.07) is 9.14. The molecule has 230 valence electrons. The number of aromatic nitrogens is 4. The highest BCUT2D eigenvalue weighted by Crippen LogP contribution is 2.46. The third-order valence-corrected chi connectivity index (χ3v) is 9.55. The summed E-state index contributed by atoms with van der Waals surface area (Å²) in [6.07, 6.45) is -2.55. The Morgan fingerprint density at radius 3 is 2.71 bits per heavy atom. The number of thioether (sulfide) groups is 1. The smallest absolute Gasteiger partial charge is 0.395 e. The minimum Gasteiger partial charge on any atom is -0.395 e. The van der Waals surface area contributed by atoms with Crippen LogP contribution >= 0.6 is 19.5 Å². The molecule has 1 aromatic carbocycles. The Labute approximate surface area is 246 Å². The number of H-pyrrole nitrogens is 1.